The lowest BCUT2D eigenvalue weighted by molar-refractivity contribution is 0.0696. The van der Waals surface area contributed by atoms with Crippen LogP contribution >= 0.6 is 0 Å². The minimum Gasteiger partial charge on any atom is -0.496 e. The summed E-state index contributed by atoms with van der Waals surface area (Å²) in [4.78, 5) is 13.2. The van der Waals surface area contributed by atoms with Crippen LogP contribution in [0, 0.1) is 5.92 Å². The number of carboxylic acid groups (broad SMARTS) is 1. The van der Waals surface area contributed by atoms with E-state index in [0.717, 1.165) is 24.6 Å². The molecule has 1 fully saturated rings. The molecule has 1 aliphatic carbocycles. The minimum absolute atomic E-state index is 0.282. The molecule has 0 heterocycles. The zero-order valence-electron chi connectivity index (χ0n) is 12.7. The van der Waals surface area contributed by atoms with E-state index in [-0.39, 0.29) is 5.56 Å². The largest absolute Gasteiger partial charge is 0.496 e. The maximum atomic E-state index is 11.0. The van der Waals surface area contributed by atoms with Crippen LogP contribution in [0.3, 0.4) is 0 Å². The molecule has 1 N–H and O–H groups in total. The third-order valence-corrected chi connectivity index (χ3v) is 3.64. The Balaban J connectivity index is 1.86. The summed E-state index contributed by atoms with van der Waals surface area (Å²) >= 11 is 0. The molecule has 5 heteroatoms. The summed E-state index contributed by atoms with van der Waals surface area (Å²) in [6, 6.07) is 4.93. The first-order chi connectivity index (χ1) is 10.1. The summed E-state index contributed by atoms with van der Waals surface area (Å²) in [5.41, 5.74) is 1.16. The van der Waals surface area contributed by atoms with E-state index in [2.05, 4.69) is 4.90 Å². The number of nitrogens with zero attached hydrogens (tertiary/aromatic N) is 1. The Morgan fingerprint density at radius 3 is 2.81 bits per heavy atom. The second-order valence-corrected chi connectivity index (χ2v) is 5.59. The predicted octanol–water partition coefficient (Wildman–Crippen LogP) is 2.25. The van der Waals surface area contributed by atoms with Gasteiger partial charge in [-0.25, -0.2) is 4.79 Å². The average Bonchev–Trinajstić information content (AvgIpc) is 3.27. The molecule has 0 amide bonds. The van der Waals surface area contributed by atoms with Crippen molar-refractivity contribution in [1.82, 2.24) is 4.90 Å². The van der Waals surface area contributed by atoms with Crippen molar-refractivity contribution < 1.29 is 19.4 Å². The lowest BCUT2D eigenvalue weighted by Crippen LogP contribution is -2.23. The average molecular weight is 293 g/mol. The molecule has 2 rings (SSSR count). The topological polar surface area (TPSA) is 59.0 Å². The minimum atomic E-state index is -0.922. The lowest BCUT2D eigenvalue weighted by Gasteiger charge is -2.18. The fraction of sp³-hybridized carbons (Fsp3) is 0.562. The standard InChI is InChI=1S/C16H23NO4/c1-17(7-8-21-11-12-3-4-12)10-14-9-13(16(18)19)5-6-15(14)20-2/h5-6,9,12H,3-4,7-8,10-11H2,1-2H3,(H,18,19). The quantitative estimate of drug-likeness (QED) is 0.708. The third kappa shape index (κ3) is 5.02. The van der Waals surface area contributed by atoms with E-state index in [0.29, 0.717) is 18.9 Å². The summed E-state index contributed by atoms with van der Waals surface area (Å²) in [5, 5.41) is 9.06. The lowest BCUT2D eigenvalue weighted by atomic mass is 10.1. The molecular formula is C16H23NO4. The number of aromatic carboxylic acids is 1. The van der Waals surface area contributed by atoms with Gasteiger partial charge < -0.3 is 14.6 Å². The third-order valence-electron chi connectivity index (χ3n) is 3.64. The molecule has 0 radical (unpaired) electrons. The van der Waals surface area contributed by atoms with Gasteiger partial charge in [0.1, 0.15) is 5.75 Å². The van der Waals surface area contributed by atoms with E-state index < -0.39 is 5.97 Å². The van der Waals surface area contributed by atoms with Crippen molar-refractivity contribution in [1.29, 1.82) is 0 Å². The van der Waals surface area contributed by atoms with Gasteiger partial charge in [-0.05, 0) is 44.0 Å². The van der Waals surface area contributed by atoms with E-state index in [9.17, 15) is 4.79 Å². The number of hydrogen-bond donors (Lipinski definition) is 1. The number of hydrogen-bond acceptors (Lipinski definition) is 4. The van der Waals surface area contributed by atoms with Gasteiger partial charge in [0, 0.05) is 25.3 Å². The number of benzene rings is 1. The summed E-state index contributed by atoms with van der Waals surface area (Å²) in [6.45, 7) is 3.02. The van der Waals surface area contributed by atoms with Gasteiger partial charge in [-0.1, -0.05) is 0 Å². The Labute approximate surface area is 125 Å². The summed E-state index contributed by atoms with van der Waals surface area (Å²) in [5.74, 6) is 0.572. The van der Waals surface area contributed by atoms with Crippen LogP contribution < -0.4 is 4.74 Å². The van der Waals surface area contributed by atoms with Crippen molar-refractivity contribution in [2.24, 2.45) is 5.92 Å². The van der Waals surface area contributed by atoms with E-state index in [1.165, 1.54) is 12.8 Å². The second kappa shape index (κ2) is 7.43. The summed E-state index contributed by atoms with van der Waals surface area (Å²) in [7, 11) is 3.59. The molecule has 0 unspecified atom stereocenters. The summed E-state index contributed by atoms with van der Waals surface area (Å²) < 4.78 is 10.9. The molecule has 1 aliphatic rings. The Kier molecular flexibility index (Phi) is 5.59. The molecule has 0 aromatic heterocycles. The zero-order valence-corrected chi connectivity index (χ0v) is 12.7. The first kappa shape index (κ1) is 15.8. The van der Waals surface area contributed by atoms with Crippen LogP contribution in [0.4, 0.5) is 0 Å². The number of likely N-dealkylation sites (N-methyl/N-ethyl adjacent to an activating group) is 1. The maximum absolute atomic E-state index is 11.0. The Hall–Kier alpha value is -1.59. The SMILES string of the molecule is COc1ccc(C(=O)O)cc1CN(C)CCOCC1CC1. The zero-order chi connectivity index (χ0) is 15.2. The fourth-order valence-electron chi connectivity index (χ4n) is 2.16. The van der Waals surface area contributed by atoms with Crippen molar-refractivity contribution in [3.05, 3.63) is 29.3 Å². The van der Waals surface area contributed by atoms with Crippen LogP contribution in [0.15, 0.2) is 18.2 Å². The first-order valence-corrected chi connectivity index (χ1v) is 7.26. The molecule has 1 aromatic rings. The molecule has 0 atom stereocenters. The van der Waals surface area contributed by atoms with Gasteiger partial charge in [-0.2, -0.15) is 0 Å². The maximum Gasteiger partial charge on any atom is 0.335 e. The van der Waals surface area contributed by atoms with Crippen molar-refractivity contribution in [3.63, 3.8) is 0 Å². The molecular weight excluding hydrogens is 270 g/mol. The number of ether oxygens (including phenoxy) is 2. The van der Waals surface area contributed by atoms with Crippen LogP contribution in [-0.2, 0) is 11.3 Å². The van der Waals surface area contributed by atoms with Gasteiger partial charge in [-0.15, -0.1) is 0 Å². The van der Waals surface area contributed by atoms with Gasteiger partial charge in [0.2, 0.25) is 0 Å². The van der Waals surface area contributed by atoms with Crippen molar-refractivity contribution in [2.45, 2.75) is 19.4 Å². The first-order valence-electron chi connectivity index (χ1n) is 7.26. The van der Waals surface area contributed by atoms with Crippen LogP contribution in [0.1, 0.15) is 28.8 Å². The predicted molar refractivity (Wildman–Crippen MR) is 79.8 cm³/mol. The molecule has 0 aliphatic heterocycles. The number of carboxylic acids is 1. The Bertz CT molecular complexity index is 485. The Morgan fingerprint density at radius 1 is 1.43 bits per heavy atom. The second-order valence-electron chi connectivity index (χ2n) is 5.59. The normalized spacial score (nSPS) is 14.4. The molecule has 0 spiro atoms. The van der Waals surface area contributed by atoms with Gasteiger partial charge in [0.05, 0.1) is 19.3 Å². The number of carbonyl (C=O) groups is 1. The van der Waals surface area contributed by atoms with Crippen LogP contribution in [0.5, 0.6) is 5.75 Å². The number of rotatable bonds is 9. The molecule has 0 saturated heterocycles. The van der Waals surface area contributed by atoms with Crippen molar-refractivity contribution in [2.75, 3.05) is 33.9 Å². The highest BCUT2D eigenvalue weighted by Crippen LogP contribution is 2.28. The highest BCUT2D eigenvalue weighted by Gasteiger charge is 2.21. The molecule has 21 heavy (non-hydrogen) atoms. The van der Waals surface area contributed by atoms with Gasteiger partial charge in [0.25, 0.3) is 0 Å². The molecule has 1 aromatic carbocycles. The highest BCUT2D eigenvalue weighted by atomic mass is 16.5. The molecule has 0 bridgehead atoms. The highest BCUT2D eigenvalue weighted by molar-refractivity contribution is 5.88. The number of methoxy groups -OCH3 is 1. The van der Waals surface area contributed by atoms with Crippen LogP contribution in [0.2, 0.25) is 0 Å². The Morgan fingerprint density at radius 2 is 2.19 bits per heavy atom. The van der Waals surface area contributed by atoms with Gasteiger partial charge in [0.15, 0.2) is 0 Å². The van der Waals surface area contributed by atoms with Crippen molar-refractivity contribution in [3.8, 4) is 5.75 Å². The summed E-state index contributed by atoms with van der Waals surface area (Å²) in [6.07, 6.45) is 2.60. The molecule has 5 nitrogen and oxygen atoms in total. The smallest absolute Gasteiger partial charge is 0.335 e. The van der Waals surface area contributed by atoms with E-state index in [4.69, 9.17) is 14.6 Å². The van der Waals surface area contributed by atoms with Crippen LogP contribution in [0.25, 0.3) is 0 Å². The monoisotopic (exact) mass is 293 g/mol. The fourth-order valence-corrected chi connectivity index (χ4v) is 2.16. The van der Waals surface area contributed by atoms with Gasteiger partial charge >= 0.3 is 5.97 Å². The van der Waals surface area contributed by atoms with E-state index >= 15 is 0 Å². The van der Waals surface area contributed by atoms with E-state index in [1.807, 2.05) is 7.05 Å². The van der Waals surface area contributed by atoms with Gasteiger partial charge in [-0.3, -0.25) is 4.90 Å². The van der Waals surface area contributed by atoms with Crippen LogP contribution in [-0.4, -0.2) is 49.9 Å². The van der Waals surface area contributed by atoms with E-state index in [1.54, 1.807) is 25.3 Å². The molecule has 116 valence electrons. The molecule has 1 saturated carbocycles. The van der Waals surface area contributed by atoms with Crippen molar-refractivity contribution >= 4 is 5.97 Å².